The van der Waals surface area contributed by atoms with Crippen molar-refractivity contribution in [2.45, 2.75) is 67.7 Å². The van der Waals surface area contributed by atoms with Crippen molar-refractivity contribution in [1.29, 1.82) is 0 Å². The Morgan fingerprint density at radius 2 is 1.57 bits per heavy atom. The number of hydrogen-bond acceptors (Lipinski definition) is 4. The van der Waals surface area contributed by atoms with E-state index in [2.05, 4.69) is 4.72 Å². The van der Waals surface area contributed by atoms with Gasteiger partial charge in [0.25, 0.3) is 0 Å². The average molecular weight is 427 g/mol. The van der Waals surface area contributed by atoms with Crippen LogP contribution in [0.3, 0.4) is 0 Å². The van der Waals surface area contributed by atoms with Crippen LogP contribution in [0.25, 0.3) is 0 Å². The Balaban J connectivity index is 1.46. The molecule has 156 valence electrons. The van der Waals surface area contributed by atoms with E-state index < -0.39 is 20.0 Å². The maximum atomic E-state index is 12.8. The molecule has 3 aliphatic rings. The van der Waals surface area contributed by atoms with Gasteiger partial charge in [0.1, 0.15) is 0 Å². The van der Waals surface area contributed by atoms with E-state index in [0.29, 0.717) is 24.9 Å². The van der Waals surface area contributed by atoms with E-state index in [1.165, 1.54) is 47.8 Å². The molecule has 3 fully saturated rings. The second kappa shape index (κ2) is 7.70. The fourth-order valence-electron chi connectivity index (χ4n) is 5.35. The van der Waals surface area contributed by atoms with Gasteiger partial charge in [0.05, 0.1) is 9.79 Å². The van der Waals surface area contributed by atoms with Crippen LogP contribution < -0.4 is 4.72 Å². The molecule has 6 nitrogen and oxygen atoms in total. The van der Waals surface area contributed by atoms with Gasteiger partial charge >= 0.3 is 0 Å². The van der Waals surface area contributed by atoms with Gasteiger partial charge in [-0.3, -0.25) is 0 Å². The van der Waals surface area contributed by atoms with Gasteiger partial charge in [0.2, 0.25) is 20.0 Å². The molecule has 0 radical (unpaired) electrons. The Kier molecular flexibility index (Phi) is 5.59. The Morgan fingerprint density at radius 3 is 2.14 bits per heavy atom. The number of piperidine rings is 1. The Morgan fingerprint density at radius 1 is 0.929 bits per heavy atom. The fraction of sp³-hybridized carbons (Fsp3) is 0.700. The molecule has 4 rings (SSSR count). The zero-order valence-corrected chi connectivity index (χ0v) is 18.0. The molecule has 2 aliphatic carbocycles. The lowest BCUT2D eigenvalue weighted by Gasteiger charge is -2.28. The van der Waals surface area contributed by atoms with E-state index in [0.717, 1.165) is 31.6 Å². The highest BCUT2D eigenvalue weighted by molar-refractivity contribution is 7.89. The first-order chi connectivity index (χ1) is 13.3. The molecule has 1 aromatic carbocycles. The molecule has 0 spiro atoms. The third-order valence-electron chi connectivity index (χ3n) is 6.86. The van der Waals surface area contributed by atoms with Crippen LogP contribution in [0.2, 0.25) is 0 Å². The van der Waals surface area contributed by atoms with Crippen LogP contribution in [-0.4, -0.2) is 40.3 Å². The highest BCUT2D eigenvalue weighted by Crippen LogP contribution is 2.49. The molecule has 8 heteroatoms. The lowest BCUT2D eigenvalue weighted by molar-refractivity contribution is 0.280. The normalized spacial score (nSPS) is 29.8. The molecule has 0 aromatic heterocycles. The molecule has 1 heterocycles. The molecule has 1 saturated heterocycles. The first kappa shape index (κ1) is 20.3. The largest absolute Gasteiger partial charge is 0.243 e. The van der Waals surface area contributed by atoms with Crippen LogP contribution in [0, 0.1) is 17.8 Å². The minimum absolute atomic E-state index is 0.0999. The van der Waals surface area contributed by atoms with Gasteiger partial charge in [-0.15, -0.1) is 0 Å². The van der Waals surface area contributed by atoms with Crippen molar-refractivity contribution >= 4 is 20.0 Å². The standard InChI is InChI=1S/C20H30N2O4S2/c1-15(20-14-16-5-6-17(20)13-16)21-27(23,24)18-7-9-19(10-8-18)28(25,26)22-11-3-2-4-12-22/h7-10,15-17,20-21H,2-6,11-14H2,1H3. The maximum absolute atomic E-state index is 12.8. The predicted octanol–water partition coefficient (Wildman–Crippen LogP) is 2.96. The van der Waals surface area contributed by atoms with Gasteiger partial charge < -0.3 is 0 Å². The number of hydrogen-bond donors (Lipinski definition) is 1. The predicted molar refractivity (Wildman–Crippen MR) is 108 cm³/mol. The van der Waals surface area contributed by atoms with Gasteiger partial charge in [-0.05, 0) is 81.0 Å². The Labute approximate surface area is 168 Å². The second-order valence-electron chi connectivity index (χ2n) is 8.68. The summed E-state index contributed by atoms with van der Waals surface area (Å²) < 4.78 is 55.4. The Bertz CT molecular complexity index is 906. The molecule has 0 amide bonds. The summed E-state index contributed by atoms with van der Waals surface area (Å²) in [5.41, 5.74) is 0. The number of nitrogens with zero attached hydrogens (tertiary/aromatic N) is 1. The number of benzene rings is 1. The number of nitrogens with one attached hydrogen (secondary N) is 1. The van der Waals surface area contributed by atoms with Crippen molar-refractivity contribution in [3.8, 4) is 0 Å². The summed E-state index contributed by atoms with van der Waals surface area (Å²) in [5.74, 6) is 1.81. The molecule has 28 heavy (non-hydrogen) atoms. The zero-order valence-electron chi connectivity index (χ0n) is 16.4. The second-order valence-corrected chi connectivity index (χ2v) is 12.3. The lowest BCUT2D eigenvalue weighted by atomic mass is 9.84. The first-order valence-corrected chi connectivity index (χ1v) is 13.3. The first-order valence-electron chi connectivity index (χ1n) is 10.4. The maximum Gasteiger partial charge on any atom is 0.243 e. The highest BCUT2D eigenvalue weighted by atomic mass is 32.2. The van der Waals surface area contributed by atoms with Crippen LogP contribution in [0.4, 0.5) is 0 Å². The summed E-state index contributed by atoms with van der Waals surface area (Å²) in [5, 5.41) is 0. The molecule has 2 bridgehead atoms. The minimum Gasteiger partial charge on any atom is -0.208 e. The molecule has 1 aromatic rings. The fourth-order valence-corrected chi connectivity index (χ4v) is 8.16. The molecule has 1 aliphatic heterocycles. The van der Waals surface area contributed by atoms with Crippen LogP contribution in [-0.2, 0) is 20.0 Å². The third-order valence-corrected chi connectivity index (χ3v) is 10.4. The van der Waals surface area contributed by atoms with Crippen LogP contribution in [0.5, 0.6) is 0 Å². The topological polar surface area (TPSA) is 83.5 Å². The van der Waals surface area contributed by atoms with Crippen LogP contribution in [0.1, 0.15) is 51.9 Å². The number of fused-ring (bicyclic) bond motifs is 2. The van der Waals surface area contributed by atoms with E-state index >= 15 is 0 Å². The van der Waals surface area contributed by atoms with Crippen molar-refractivity contribution in [3.05, 3.63) is 24.3 Å². The van der Waals surface area contributed by atoms with Crippen molar-refractivity contribution in [3.63, 3.8) is 0 Å². The van der Waals surface area contributed by atoms with Crippen molar-refractivity contribution in [1.82, 2.24) is 9.03 Å². The van der Waals surface area contributed by atoms with E-state index in [4.69, 9.17) is 0 Å². The summed E-state index contributed by atoms with van der Waals surface area (Å²) in [4.78, 5) is 0.287. The van der Waals surface area contributed by atoms with Crippen molar-refractivity contribution in [2.75, 3.05) is 13.1 Å². The van der Waals surface area contributed by atoms with Crippen LogP contribution >= 0.6 is 0 Å². The molecule has 2 saturated carbocycles. The summed E-state index contributed by atoms with van der Waals surface area (Å²) in [6.07, 6.45) is 7.64. The van der Waals surface area contributed by atoms with Crippen LogP contribution in [0.15, 0.2) is 34.1 Å². The summed E-state index contributed by atoms with van der Waals surface area (Å²) in [6, 6.07) is 5.55. The Hall–Kier alpha value is -0.960. The number of sulfonamides is 2. The SMILES string of the molecule is CC(NS(=O)(=O)c1ccc(S(=O)(=O)N2CCCCC2)cc1)C1CC2CCC1C2. The summed E-state index contributed by atoms with van der Waals surface area (Å²) in [7, 11) is -7.21. The number of rotatable bonds is 6. The molecule has 4 atom stereocenters. The molecule has 1 N–H and O–H groups in total. The van der Waals surface area contributed by atoms with Crippen molar-refractivity contribution < 1.29 is 16.8 Å². The van der Waals surface area contributed by atoms with Gasteiger partial charge in [0, 0.05) is 19.1 Å². The van der Waals surface area contributed by atoms with Gasteiger partial charge in [-0.1, -0.05) is 12.8 Å². The summed E-state index contributed by atoms with van der Waals surface area (Å²) >= 11 is 0. The van der Waals surface area contributed by atoms with Gasteiger partial charge in [0.15, 0.2) is 0 Å². The quantitative estimate of drug-likeness (QED) is 0.758. The zero-order chi connectivity index (χ0) is 19.9. The van der Waals surface area contributed by atoms with E-state index in [9.17, 15) is 16.8 Å². The average Bonchev–Trinajstić information content (AvgIpc) is 3.32. The molecular weight excluding hydrogens is 396 g/mol. The van der Waals surface area contributed by atoms with Gasteiger partial charge in [-0.25, -0.2) is 21.6 Å². The monoisotopic (exact) mass is 426 g/mol. The highest BCUT2D eigenvalue weighted by Gasteiger charge is 2.42. The summed E-state index contributed by atoms with van der Waals surface area (Å²) in [6.45, 7) is 3.02. The smallest absolute Gasteiger partial charge is 0.208 e. The van der Waals surface area contributed by atoms with E-state index in [1.807, 2.05) is 6.92 Å². The van der Waals surface area contributed by atoms with E-state index in [-0.39, 0.29) is 15.8 Å². The third kappa shape index (κ3) is 3.88. The molecular formula is C20H30N2O4S2. The lowest BCUT2D eigenvalue weighted by Crippen LogP contribution is -2.40. The van der Waals surface area contributed by atoms with Gasteiger partial charge in [-0.2, -0.15) is 4.31 Å². The molecule has 4 unspecified atom stereocenters. The van der Waals surface area contributed by atoms with Crippen molar-refractivity contribution in [2.24, 2.45) is 17.8 Å². The van der Waals surface area contributed by atoms with E-state index in [1.54, 1.807) is 0 Å². The minimum atomic E-state index is -3.66.